The van der Waals surface area contributed by atoms with Gasteiger partial charge < -0.3 is 4.98 Å². The number of aromatic amines is 1. The topological polar surface area (TPSA) is 37.3 Å². The second-order valence-corrected chi connectivity index (χ2v) is 4.82. The van der Waals surface area contributed by atoms with Crippen molar-refractivity contribution in [3.63, 3.8) is 0 Å². The molecule has 0 aliphatic rings. The smallest absolute Gasteiger partial charge is 0.307 e. The maximum atomic E-state index is 12.4. The van der Waals surface area contributed by atoms with Crippen LogP contribution < -0.4 is 5.69 Å². The molecule has 4 aromatic rings. The molecular formula is C17H12N2O. The summed E-state index contributed by atoms with van der Waals surface area (Å²) in [5, 5.41) is 1.07. The van der Waals surface area contributed by atoms with Gasteiger partial charge in [0, 0.05) is 5.39 Å². The lowest BCUT2D eigenvalue weighted by molar-refractivity contribution is 1.04. The Kier molecular flexibility index (Phi) is 2.27. The first-order valence-corrected chi connectivity index (χ1v) is 6.52. The second kappa shape index (κ2) is 4.10. The summed E-state index contributed by atoms with van der Waals surface area (Å²) in [4.78, 5) is 15.3. The molecule has 0 aliphatic heterocycles. The molecule has 2 aromatic carbocycles. The van der Waals surface area contributed by atoms with Gasteiger partial charge in [-0.3, -0.25) is 4.40 Å². The summed E-state index contributed by atoms with van der Waals surface area (Å²) in [5.41, 5.74) is 3.59. The average molecular weight is 260 g/mol. The molecular weight excluding hydrogens is 248 g/mol. The molecule has 0 aliphatic carbocycles. The normalized spacial score (nSPS) is 11.2. The molecule has 0 radical (unpaired) electrons. The molecule has 0 fully saturated rings. The maximum absolute atomic E-state index is 12.4. The van der Waals surface area contributed by atoms with Gasteiger partial charge in [0.1, 0.15) is 0 Å². The van der Waals surface area contributed by atoms with E-state index in [2.05, 4.69) is 4.98 Å². The molecule has 0 bridgehead atoms. The van der Waals surface area contributed by atoms with Crippen LogP contribution in [0.25, 0.3) is 27.7 Å². The van der Waals surface area contributed by atoms with E-state index in [9.17, 15) is 4.79 Å². The number of rotatable bonds is 1. The SMILES string of the molecule is O=c1[nH]c(-c2ccccc2)cc2cc3ccccc3n12. The van der Waals surface area contributed by atoms with Crippen molar-refractivity contribution in [3.8, 4) is 11.3 Å². The minimum Gasteiger partial charge on any atom is -0.307 e. The number of benzene rings is 2. The Hall–Kier alpha value is -2.81. The summed E-state index contributed by atoms with van der Waals surface area (Å²) in [6.07, 6.45) is 0. The van der Waals surface area contributed by atoms with Gasteiger partial charge in [-0.1, -0.05) is 48.5 Å². The summed E-state index contributed by atoms with van der Waals surface area (Å²) >= 11 is 0. The van der Waals surface area contributed by atoms with Crippen molar-refractivity contribution in [2.45, 2.75) is 0 Å². The lowest BCUT2D eigenvalue weighted by atomic mass is 10.1. The Morgan fingerprint density at radius 3 is 2.45 bits per heavy atom. The van der Waals surface area contributed by atoms with Crippen LogP contribution >= 0.6 is 0 Å². The fraction of sp³-hybridized carbons (Fsp3) is 0. The predicted octanol–water partition coefficient (Wildman–Crippen LogP) is 3.45. The first kappa shape index (κ1) is 11.1. The van der Waals surface area contributed by atoms with Crippen LogP contribution in [0.2, 0.25) is 0 Å². The molecule has 4 rings (SSSR count). The number of nitrogens with zero attached hydrogens (tertiary/aromatic N) is 1. The molecule has 0 saturated heterocycles. The third-order valence-electron chi connectivity index (χ3n) is 3.56. The zero-order valence-electron chi connectivity index (χ0n) is 10.7. The van der Waals surface area contributed by atoms with Crippen LogP contribution in [-0.2, 0) is 0 Å². The number of fused-ring (bicyclic) bond motifs is 3. The van der Waals surface area contributed by atoms with E-state index in [4.69, 9.17) is 0 Å². The van der Waals surface area contributed by atoms with Crippen LogP contribution in [0.1, 0.15) is 0 Å². The van der Waals surface area contributed by atoms with E-state index in [1.54, 1.807) is 4.40 Å². The van der Waals surface area contributed by atoms with E-state index in [1.165, 1.54) is 0 Å². The summed E-state index contributed by atoms with van der Waals surface area (Å²) in [7, 11) is 0. The molecule has 0 atom stereocenters. The number of para-hydroxylation sites is 1. The molecule has 2 aromatic heterocycles. The highest BCUT2D eigenvalue weighted by atomic mass is 16.1. The molecule has 20 heavy (non-hydrogen) atoms. The number of H-pyrrole nitrogens is 1. The van der Waals surface area contributed by atoms with Crippen LogP contribution in [0.5, 0.6) is 0 Å². The minimum absolute atomic E-state index is 0.109. The lowest BCUT2D eigenvalue weighted by Gasteiger charge is -2.03. The third kappa shape index (κ3) is 1.57. The van der Waals surface area contributed by atoms with Gasteiger partial charge in [0.15, 0.2) is 0 Å². The fourth-order valence-corrected chi connectivity index (χ4v) is 2.64. The number of hydrogen-bond donors (Lipinski definition) is 1. The van der Waals surface area contributed by atoms with Gasteiger partial charge in [0.25, 0.3) is 0 Å². The van der Waals surface area contributed by atoms with Gasteiger partial charge in [-0.25, -0.2) is 4.79 Å². The average Bonchev–Trinajstić information content (AvgIpc) is 2.87. The zero-order valence-corrected chi connectivity index (χ0v) is 10.7. The highest BCUT2D eigenvalue weighted by Gasteiger charge is 2.07. The molecule has 0 saturated carbocycles. The Morgan fingerprint density at radius 1 is 0.850 bits per heavy atom. The van der Waals surface area contributed by atoms with E-state index in [0.717, 1.165) is 27.7 Å². The van der Waals surface area contributed by atoms with Crippen LogP contribution in [0, 0.1) is 0 Å². The number of hydrogen-bond acceptors (Lipinski definition) is 1. The van der Waals surface area contributed by atoms with Crippen LogP contribution in [0.4, 0.5) is 0 Å². The number of aromatic nitrogens is 2. The third-order valence-corrected chi connectivity index (χ3v) is 3.56. The van der Waals surface area contributed by atoms with Gasteiger partial charge in [0.05, 0.1) is 16.7 Å². The summed E-state index contributed by atoms with van der Waals surface area (Å²) < 4.78 is 1.71. The van der Waals surface area contributed by atoms with E-state index in [0.29, 0.717) is 0 Å². The van der Waals surface area contributed by atoms with E-state index >= 15 is 0 Å². The monoisotopic (exact) mass is 260 g/mol. The Morgan fingerprint density at radius 2 is 1.60 bits per heavy atom. The first-order chi connectivity index (χ1) is 9.83. The van der Waals surface area contributed by atoms with Gasteiger partial charge >= 0.3 is 5.69 Å². The molecule has 3 heteroatoms. The standard InChI is InChI=1S/C17H12N2O/c20-17-18-15(12-6-2-1-3-7-12)11-14-10-13-8-4-5-9-16(13)19(14)17/h1-11H,(H,18,20). The maximum Gasteiger partial charge on any atom is 0.330 e. The van der Waals surface area contributed by atoms with E-state index < -0.39 is 0 Å². The minimum atomic E-state index is -0.109. The van der Waals surface area contributed by atoms with Gasteiger partial charge in [0.2, 0.25) is 0 Å². The zero-order chi connectivity index (χ0) is 13.5. The molecule has 0 spiro atoms. The van der Waals surface area contributed by atoms with Crippen molar-refractivity contribution >= 4 is 16.4 Å². The van der Waals surface area contributed by atoms with Crippen LogP contribution in [0.15, 0.2) is 71.5 Å². The fourth-order valence-electron chi connectivity index (χ4n) is 2.64. The van der Waals surface area contributed by atoms with Crippen molar-refractivity contribution in [2.75, 3.05) is 0 Å². The molecule has 2 heterocycles. The van der Waals surface area contributed by atoms with Crippen LogP contribution in [-0.4, -0.2) is 9.38 Å². The van der Waals surface area contributed by atoms with Crippen molar-refractivity contribution in [1.29, 1.82) is 0 Å². The quantitative estimate of drug-likeness (QED) is 0.559. The van der Waals surface area contributed by atoms with Gasteiger partial charge in [-0.15, -0.1) is 0 Å². The molecule has 96 valence electrons. The first-order valence-electron chi connectivity index (χ1n) is 6.52. The predicted molar refractivity (Wildman–Crippen MR) is 81.0 cm³/mol. The second-order valence-electron chi connectivity index (χ2n) is 4.82. The Bertz CT molecular complexity index is 965. The molecule has 0 unspecified atom stereocenters. The van der Waals surface area contributed by atoms with Gasteiger partial charge in [-0.05, 0) is 23.8 Å². The molecule has 0 amide bonds. The lowest BCUT2D eigenvalue weighted by Crippen LogP contribution is -2.16. The Labute approximate surface area is 115 Å². The summed E-state index contributed by atoms with van der Waals surface area (Å²) in [5.74, 6) is 0. The number of nitrogens with one attached hydrogen (secondary N) is 1. The highest BCUT2D eigenvalue weighted by Crippen LogP contribution is 2.22. The largest absolute Gasteiger partial charge is 0.330 e. The van der Waals surface area contributed by atoms with Crippen molar-refractivity contribution < 1.29 is 0 Å². The Balaban J connectivity index is 2.09. The van der Waals surface area contributed by atoms with Crippen molar-refractivity contribution in [2.24, 2.45) is 0 Å². The molecule has 3 nitrogen and oxygen atoms in total. The molecule has 1 N–H and O–H groups in total. The van der Waals surface area contributed by atoms with Crippen molar-refractivity contribution in [3.05, 3.63) is 77.2 Å². The van der Waals surface area contributed by atoms with Crippen LogP contribution in [0.3, 0.4) is 0 Å². The van der Waals surface area contributed by atoms with E-state index in [-0.39, 0.29) is 5.69 Å². The summed E-state index contributed by atoms with van der Waals surface area (Å²) in [6.45, 7) is 0. The van der Waals surface area contributed by atoms with Gasteiger partial charge in [-0.2, -0.15) is 0 Å². The summed E-state index contributed by atoms with van der Waals surface area (Å²) in [6, 6.07) is 21.8. The van der Waals surface area contributed by atoms with Crippen molar-refractivity contribution in [1.82, 2.24) is 9.38 Å². The highest BCUT2D eigenvalue weighted by molar-refractivity contribution is 5.87. The van der Waals surface area contributed by atoms with E-state index in [1.807, 2.05) is 66.7 Å².